The largest absolute Gasteiger partial charge is 0.268 e. The molecule has 3 rings (SSSR count). The van der Waals surface area contributed by atoms with Crippen LogP contribution in [0.4, 0.5) is 0 Å². The van der Waals surface area contributed by atoms with E-state index < -0.39 is 0 Å². The van der Waals surface area contributed by atoms with Gasteiger partial charge in [-0.15, -0.1) is 0 Å². The van der Waals surface area contributed by atoms with Gasteiger partial charge in [-0.1, -0.05) is 6.07 Å². The van der Waals surface area contributed by atoms with Crippen LogP contribution in [0.2, 0.25) is 0 Å². The van der Waals surface area contributed by atoms with E-state index in [0.717, 1.165) is 0 Å². The van der Waals surface area contributed by atoms with Gasteiger partial charge < -0.3 is 0 Å². The van der Waals surface area contributed by atoms with Crippen molar-refractivity contribution >= 4 is 32.6 Å². The lowest BCUT2D eigenvalue weighted by atomic mass is 10.3. The molecule has 0 radical (unpaired) electrons. The van der Waals surface area contributed by atoms with E-state index in [1.54, 1.807) is 30.5 Å². The molecule has 0 aromatic carbocycles. The summed E-state index contributed by atoms with van der Waals surface area (Å²) in [5.41, 5.74) is 0.969. The predicted molar refractivity (Wildman–Crippen MR) is 64.5 cm³/mol. The number of nitrogens with zero attached hydrogens (tertiary/aromatic N) is 3. The van der Waals surface area contributed by atoms with Crippen molar-refractivity contribution in [2.75, 3.05) is 0 Å². The van der Waals surface area contributed by atoms with Gasteiger partial charge >= 0.3 is 0 Å². The number of hydrogen-bond acceptors (Lipinski definition) is 3. The lowest BCUT2D eigenvalue weighted by Crippen LogP contribution is -2.15. The van der Waals surface area contributed by atoms with Gasteiger partial charge in [0.15, 0.2) is 5.65 Å². The van der Waals surface area contributed by atoms with Crippen molar-refractivity contribution in [3.05, 3.63) is 51.5 Å². The molecule has 3 aromatic rings. The maximum Gasteiger partial charge on any atom is 0.267 e. The number of hydrogen-bond donors (Lipinski definition) is 0. The summed E-state index contributed by atoms with van der Waals surface area (Å²) in [4.78, 5) is 20.6. The fourth-order valence-corrected chi connectivity index (χ4v) is 1.91. The summed E-state index contributed by atoms with van der Waals surface area (Å²) in [7, 11) is 0. The Morgan fingerprint density at radius 1 is 1.12 bits per heavy atom. The van der Waals surface area contributed by atoms with Crippen LogP contribution in [0.25, 0.3) is 16.7 Å². The highest BCUT2D eigenvalue weighted by molar-refractivity contribution is 9.10. The van der Waals surface area contributed by atoms with Crippen LogP contribution in [0.1, 0.15) is 0 Å². The second-order valence-corrected chi connectivity index (χ2v) is 4.16. The zero-order chi connectivity index (χ0) is 11.1. The van der Waals surface area contributed by atoms with Gasteiger partial charge in [0.2, 0.25) is 0 Å². The summed E-state index contributed by atoms with van der Waals surface area (Å²) in [6, 6.07) is 8.88. The van der Waals surface area contributed by atoms with Crippen molar-refractivity contribution in [3.8, 4) is 0 Å². The molecule has 0 aliphatic carbocycles. The molecule has 78 valence electrons. The zero-order valence-electron chi connectivity index (χ0n) is 8.09. The number of rotatable bonds is 0. The second kappa shape index (κ2) is 3.38. The Balaban J connectivity index is 2.61. The van der Waals surface area contributed by atoms with E-state index in [-0.39, 0.29) is 5.56 Å². The van der Waals surface area contributed by atoms with E-state index in [2.05, 4.69) is 25.9 Å². The minimum Gasteiger partial charge on any atom is -0.268 e. The number of aromatic nitrogens is 3. The van der Waals surface area contributed by atoms with Crippen molar-refractivity contribution in [2.24, 2.45) is 0 Å². The molecule has 0 amide bonds. The normalized spacial score (nSPS) is 11.1. The molecule has 0 saturated carbocycles. The molecule has 0 fully saturated rings. The van der Waals surface area contributed by atoms with Gasteiger partial charge in [-0.25, -0.2) is 9.97 Å². The van der Waals surface area contributed by atoms with Gasteiger partial charge in [-0.3, -0.25) is 9.20 Å². The molecule has 3 aromatic heterocycles. The molecule has 3 heterocycles. The molecule has 0 N–H and O–H groups in total. The first-order valence-electron chi connectivity index (χ1n) is 4.69. The summed E-state index contributed by atoms with van der Waals surface area (Å²) in [6.07, 6.45) is 1.70. The summed E-state index contributed by atoms with van der Waals surface area (Å²) >= 11 is 3.26. The monoisotopic (exact) mass is 275 g/mol. The third-order valence-electron chi connectivity index (χ3n) is 2.35. The SMILES string of the molecule is O=c1c2ccc(Br)nc2nc2ccccn12. The topological polar surface area (TPSA) is 47.3 Å². The average molecular weight is 276 g/mol. The molecule has 0 bridgehead atoms. The summed E-state index contributed by atoms with van der Waals surface area (Å²) < 4.78 is 2.19. The Morgan fingerprint density at radius 2 is 2.00 bits per heavy atom. The third kappa shape index (κ3) is 1.32. The molecular weight excluding hydrogens is 270 g/mol. The van der Waals surface area contributed by atoms with E-state index in [4.69, 9.17) is 0 Å². The highest BCUT2D eigenvalue weighted by Crippen LogP contribution is 2.11. The maximum atomic E-state index is 12.1. The smallest absolute Gasteiger partial charge is 0.267 e. The standard InChI is InChI=1S/C11H6BrN3O/c12-8-5-4-7-10(13-8)14-9-3-1-2-6-15(9)11(7)16/h1-6H. The summed E-state index contributed by atoms with van der Waals surface area (Å²) in [6.45, 7) is 0. The van der Waals surface area contributed by atoms with E-state index in [1.165, 1.54) is 4.40 Å². The van der Waals surface area contributed by atoms with Crippen LogP contribution < -0.4 is 5.56 Å². The van der Waals surface area contributed by atoms with Crippen molar-refractivity contribution in [2.45, 2.75) is 0 Å². The summed E-state index contributed by atoms with van der Waals surface area (Å²) in [5.74, 6) is 0. The fraction of sp³-hybridized carbons (Fsp3) is 0. The van der Waals surface area contributed by atoms with Gasteiger partial charge in [0.05, 0.1) is 5.39 Å². The first-order valence-corrected chi connectivity index (χ1v) is 5.49. The van der Waals surface area contributed by atoms with E-state index >= 15 is 0 Å². The van der Waals surface area contributed by atoms with Crippen molar-refractivity contribution in [1.82, 2.24) is 14.4 Å². The van der Waals surface area contributed by atoms with Crippen LogP contribution in [-0.4, -0.2) is 14.4 Å². The van der Waals surface area contributed by atoms with Crippen molar-refractivity contribution < 1.29 is 0 Å². The van der Waals surface area contributed by atoms with Crippen LogP contribution >= 0.6 is 15.9 Å². The Labute approximate surface area is 98.7 Å². The van der Waals surface area contributed by atoms with Crippen LogP contribution in [0.15, 0.2) is 45.9 Å². The molecule has 0 unspecified atom stereocenters. The second-order valence-electron chi connectivity index (χ2n) is 3.35. The third-order valence-corrected chi connectivity index (χ3v) is 2.79. The molecule has 4 nitrogen and oxygen atoms in total. The molecule has 16 heavy (non-hydrogen) atoms. The fourth-order valence-electron chi connectivity index (χ4n) is 1.61. The Morgan fingerprint density at radius 3 is 2.88 bits per heavy atom. The predicted octanol–water partition coefficient (Wildman–Crippen LogP) is 2.01. The highest BCUT2D eigenvalue weighted by atomic mass is 79.9. The molecular formula is C11H6BrN3O. The number of halogens is 1. The number of fused-ring (bicyclic) bond motifs is 2. The first kappa shape index (κ1) is 9.47. The van der Waals surface area contributed by atoms with Gasteiger partial charge in [0.1, 0.15) is 10.3 Å². The Bertz CT molecular complexity index is 751. The minimum absolute atomic E-state index is 0.0967. The first-order chi connectivity index (χ1) is 7.75. The zero-order valence-corrected chi connectivity index (χ0v) is 9.68. The summed E-state index contributed by atoms with van der Waals surface area (Å²) in [5, 5.41) is 0.520. The Kier molecular flexibility index (Phi) is 2.00. The van der Waals surface area contributed by atoms with Crippen LogP contribution in [0, 0.1) is 0 Å². The van der Waals surface area contributed by atoms with Gasteiger partial charge in [-0.05, 0) is 40.2 Å². The lowest BCUT2D eigenvalue weighted by molar-refractivity contribution is 1.06. The highest BCUT2D eigenvalue weighted by Gasteiger charge is 2.05. The van der Waals surface area contributed by atoms with Gasteiger partial charge in [0, 0.05) is 6.20 Å². The minimum atomic E-state index is -0.0967. The van der Waals surface area contributed by atoms with E-state index in [9.17, 15) is 4.79 Å². The van der Waals surface area contributed by atoms with Crippen LogP contribution in [-0.2, 0) is 0 Å². The van der Waals surface area contributed by atoms with E-state index in [0.29, 0.717) is 21.3 Å². The number of pyridine rings is 2. The lowest BCUT2D eigenvalue weighted by Gasteiger charge is -2.01. The van der Waals surface area contributed by atoms with Gasteiger partial charge in [0.25, 0.3) is 5.56 Å². The van der Waals surface area contributed by atoms with E-state index in [1.807, 2.05) is 6.07 Å². The molecule has 0 atom stereocenters. The van der Waals surface area contributed by atoms with Crippen molar-refractivity contribution in [1.29, 1.82) is 0 Å². The molecule has 0 saturated heterocycles. The Hall–Kier alpha value is -1.75. The molecule has 0 aliphatic rings. The molecule has 5 heteroatoms. The quantitative estimate of drug-likeness (QED) is 0.466. The molecule has 0 aliphatic heterocycles. The van der Waals surface area contributed by atoms with Crippen LogP contribution in [0.5, 0.6) is 0 Å². The average Bonchev–Trinajstić information content (AvgIpc) is 2.29. The van der Waals surface area contributed by atoms with Crippen molar-refractivity contribution in [3.63, 3.8) is 0 Å². The van der Waals surface area contributed by atoms with Crippen LogP contribution in [0.3, 0.4) is 0 Å². The maximum absolute atomic E-state index is 12.1. The van der Waals surface area contributed by atoms with Gasteiger partial charge in [-0.2, -0.15) is 0 Å². The molecule has 0 spiro atoms.